The molecule has 0 saturated carbocycles. The van der Waals surface area contributed by atoms with Gasteiger partial charge in [0.15, 0.2) is 23.9 Å². The summed E-state index contributed by atoms with van der Waals surface area (Å²) in [5.74, 6) is 0.0441. The third-order valence-electron chi connectivity index (χ3n) is 5.27. The minimum atomic E-state index is -0.590. The van der Waals surface area contributed by atoms with Crippen molar-refractivity contribution in [2.24, 2.45) is 0 Å². The van der Waals surface area contributed by atoms with Crippen LogP contribution in [0, 0.1) is 0 Å². The lowest BCUT2D eigenvalue weighted by molar-refractivity contribution is -0.142. The number of esters is 1. The van der Waals surface area contributed by atoms with Crippen molar-refractivity contribution < 1.29 is 28.6 Å². The summed E-state index contributed by atoms with van der Waals surface area (Å²) in [6.07, 6.45) is 2.37. The van der Waals surface area contributed by atoms with E-state index in [1.54, 1.807) is 24.4 Å². The summed E-state index contributed by atoms with van der Waals surface area (Å²) >= 11 is 0. The van der Waals surface area contributed by atoms with E-state index in [9.17, 15) is 14.4 Å². The highest BCUT2D eigenvalue weighted by Crippen LogP contribution is 2.31. The molecule has 31 heavy (non-hydrogen) atoms. The molecule has 1 aliphatic rings. The highest BCUT2D eigenvalue weighted by atomic mass is 16.6. The first kappa shape index (κ1) is 20.7. The Morgan fingerprint density at radius 2 is 1.81 bits per heavy atom. The molecule has 4 rings (SSSR count). The Hall–Kier alpha value is -3.61. The minimum absolute atomic E-state index is 0.0143. The maximum absolute atomic E-state index is 12.5. The second-order valence-corrected chi connectivity index (χ2v) is 7.26. The number of fused-ring (bicyclic) bond motifs is 2. The Morgan fingerprint density at radius 3 is 2.61 bits per heavy atom. The number of rotatable bonds is 8. The van der Waals surface area contributed by atoms with Crippen molar-refractivity contribution in [2.45, 2.75) is 26.2 Å². The van der Waals surface area contributed by atoms with E-state index in [-0.39, 0.29) is 31.0 Å². The largest absolute Gasteiger partial charge is 0.486 e. The molecular formula is C24H23NO6. The predicted molar refractivity (Wildman–Crippen MR) is 114 cm³/mol. The van der Waals surface area contributed by atoms with Crippen LogP contribution in [0.1, 0.15) is 46.0 Å². The van der Waals surface area contributed by atoms with Gasteiger partial charge in [0.25, 0.3) is 0 Å². The van der Waals surface area contributed by atoms with Crippen LogP contribution in [0.4, 0.5) is 0 Å². The molecule has 1 aromatic heterocycles. The number of carbonyl (C=O) groups excluding carboxylic acids is 3. The highest BCUT2D eigenvalue weighted by Gasteiger charge is 2.18. The maximum atomic E-state index is 12.5. The number of hydrogen-bond donors (Lipinski definition) is 1. The number of hydrogen-bond acceptors (Lipinski definition) is 6. The van der Waals surface area contributed by atoms with E-state index in [0.29, 0.717) is 35.8 Å². The van der Waals surface area contributed by atoms with E-state index in [2.05, 4.69) is 4.98 Å². The molecule has 0 bridgehead atoms. The molecule has 1 aliphatic heterocycles. The number of Topliss-reactive ketones (excluding diaryl/α,β-unsaturated/α-hetero) is 2. The first-order valence-electron chi connectivity index (χ1n) is 10.3. The molecular weight excluding hydrogens is 398 g/mol. The van der Waals surface area contributed by atoms with Gasteiger partial charge in [0.05, 0.1) is 6.42 Å². The molecule has 7 heteroatoms. The van der Waals surface area contributed by atoms with Crippen molar-refractivity contribution in [3.05, 3.63) is 59.3 Å². The van der Waals surface area contributed by atoms with Gasteiger partial charge in [0.2, 0.25) is 5.78 Å². The Kier molecular flexibility index (Phi) is 6.02. The van der Waals surface area contributed by atoms with Crippen LogP contribution in [0.2, 0.25) is 0 Å². The van der Waals surface area contributed by atoms with Gasteiger partial charge in [-0.1, -0.05) is 25.1 Å². The topological polar surface area (TPSA) is 94.7 Å². The van der Waals surface area contributed by atoms with Crippen molar-refractivity contribution in [2.75, 3.05) is 19.8 Å². The molecule has 0 unspecified atom stereocenters. The SMILES string of the molecule is CCc1cccc2c(C(=O)COC(=O)CCC(=O)c3ccc4c(c3)OCCO4)c[nH]c12. The van der Waals surface area contributed by atoms with Gasteiger partial charge in [-0.05, 0) is 30.2 Å². The van der Waals surface area contributed by atoms with Crippen LogP contribution in [0.3, 0.4) is 0 Å². The molecule has 0 amide bonds. The van der Waals surface area contributed by atoms with Crippen molar-refractivity contribution >= 4 is 28.4 Å². The van der Waals surface area contributed by atoms with E-state index in [1.165, 1.54) is 0 Å². The van der Waals surface area contributed by atoms with Crippen molar-refractivity contribution in [3.8, 4) is 11.5 Å². The lowest BCUT2D eigenvalue weighted by atomic mass is 10.1. The smallest absolute Gasteiger partial charge is 0.306 e. The number of carbonyl (C=O) groups is 3. The van der Waals surface area contributed by atoms with E-state index < -0.39 is 5.97 Å². The molecule has 0 atom stereocenters. The first-order valence-corrected chi connectivity index (χ1v) is 10.3. The lowest BCUT2D eigenvalue weighted by Crippen LogP contribution is -2.16. The minimum Gasteiger partial charge on any atom is -0.486 e. The number of aryl methyl sites for hydroxylation is 1. The molecule has 1 N–H and O–H groups in total. The van der Waals surface area contributed by atoms with E-state index >= 15 is 0 Å². The molecule has 0 radical (unpaired) electrons. The number of benzene rings is 2. The van der Waals surface area contributed by atoms with Gasteiger partial charge in [-0.15, -0.1) is 0 Å². The number of ketones is 2. The van der Waals surface area contributed by atoms with Gasteiger partial charge in [-0.3, -0.25) is 14.4 Å². The van der Waals surface area contributed by atoms with Gasteiger partial charge in [-0.25, -0.2) is 0 Å². The van der Waals surface area contributed by atoms with Crippen LogP contribution >= 0.6 is 0 Å². The van der Waals surface area contributed by atoms with Gasteiger partial charge < -0.3 is 19.2 Å². The van der Waals surface area contributed by atoms with Gasteiger partial charge in [-0.2, -0.15) is 0 Å². The quantitative estimate of drug-likeness (QED) is 0.438. The number of H-pyrrole nitrogens is 1. The van der Waals surface area contributed by atoms with Crippen LogP contribution in [0.5, 0.6) is 11.5 Å². The number of nitrogens with one attached hydrogen (secondary N) is 1. The zero-order valence-electron chi connectivity index (χ0n) is 17.2. The fraction of sp³-hybridized carbons (Fsp3) is 0.292. The second kappa shape index (κ2) is 9.04. The summed E-state index contributed by atoms with van der Waals surface area (Å²) in [4.78, 5) is 40.1. The standard InChI is InChI=1S/C24H23NO6/c1-2-15-4-3-5-17-18(13-25-24(15)17)20(27)14-31-23(28)9-7-19(26)16-6-8-21-22(12-16)30-11-10-29-21/h3-6,8,12-13,25H,2,7,9-11,14H2,1H3. The molecule has 7 nitrogen and oxygen atoms in total. The van der Waals surface area contributed by atoms with Crippen molar-refractivity contribution in [3.63, 3.8) is 0 Å². The molecule has 2 aromatic carbocycles. The van der Waals surface area contributed by atoms with Gasteiger partial charge in [0.1, 0.15) is 13.2 Å². The fourth-order valence-corrected chi connectivity index (χ4v) is 3.62. The summed E-state index contributed by atoms with van der Waals surface area (Å²) < 4.78 is 16.0. The first-order chi connectivity index (χ1) is 15.1. The summed E-state index contributed by atoms with van der Waals surface area (Å²) in [6.45, 7) is 2.59. The van der Waals surface area contributed by atoms with E-state index in [4.69, 9.17) is 14.2 Å². The van der Waals surface area contributed by atoms with Gasteiger partial charge >= 0.3 is 5.97 Å². The van der Waals surface area contributed by atoms with Crippen LogP contribution in [0.25, 0.3) is 10.9 Å². The number of para-hydroxylation sites is 1. The average Bonchev–Trinajstić information content (AvgIpc) is 3.25. The summed E-state index contributed by atoms with van der Waals surface area (Å²) in [7, 11) is 0. The van der Waals surface area contributed by atoms with Gasteiger partial charge in [0, 0.05) is 34.6 Å². The highest BCUT2D eigenvalue weighted by molar-refractivity contribution is 6.09. The molecule has 0 aliphatic carbocycles. The summed E-state index contributed by atoms with van der Waals surface area (Å²) in [5.41, 5.74) is 2.97. The second-order valence-electron chi connectivity index (χ2n) is 7.26. The van der Waals surface area contributed by atoms with E-state index in [0.717, 1.165) is 22.9 Å². The third-order valence-corrected chi connectivity index (χ3v) is 5.27. The fourth-order valence-electron chi connectivity index (χ4n) is 3.62. The van der Waals surface area contributed by atoms with E-state index in [1.807, 2.05) is 25.1 Å². The lowest BCUT2D eigenvalue weighted by Gasteiger charge is -2.18. The molecule has 2 heterocycles. The van der Waals surface area contributed by atoms with Crippen LogP contribution < -0.4 is 9.47 Å². The van der Waals surface area contributed by atoms with Crippen LogP contribution in [-0.4, -0.2) is 42.3 Å². The van der Waals surface area contributed by atoms with Crippen molar-refractivity contribution in [1.29, 1.82) is 0 Å². The maximum Gasteiger partial charge on any atom is 0.306 e. The van der Waals surface area contributed by atoms with Crippen LogP contribution in [-0.2, 0) is 16.0 Å². The number of aromatic nitrogens is 1. The summed E-state index contributed by atoms with van der Waals surface area (Å²) in [5, 5.41) is 0.814. The zero-order valence-corrected chi connectivity index (χ0v) is 17.2. The molecule has 3 aromatic rings. The molecule has 0 saturated heterocycles. The monoisotopic (exact) mass is 421 g/mol. The average molecular weight is 421 g/mol. The molecule has 0 spiro atoms. The third kappa shape index (κ3) is 4.45. The Labute approximate surface area is 179 Å². The Morgan fingerprint density at radius 1 is 1.00 bits per heavy atom. The summed E-state index contributed by atoms with van der Waals surface area (Å²) in [6, 6.07) is 10.7. The number of ether oxygens (including phenoxy) is 3. The normalized spacial score (nSPS) is 12.5. The van der Waals surface area contributed by atoms with Crippen LogP contribution in [0.15, 0.2) is 42.6 Å². The Balaban J connectivity index is 1.30. The van der Waals surface area contributed by atoms with Crippen molar-refractivity contribution in [1.82, 2.24) is 4.98 Å². The Bertz CT molecular complexity index is 1150. The molecule has 160 valence electrons. The predicted octanol–water partition coefficient (Wildman–Crippen LogP) is 3.89. The molecule has 0 fully saturated rings. The zero-order chi connectivity index (χ0) is 21.8. The number of aromatic amines is 1.